The molecule has 2 aliphatic rings. The molecule has 2 fully saturated rings. The lowest BCUT2D eigenvalue weighted by molar-refractivity contribution is -0.122. The lowest BCUT2D eigenvalue weighted by Crippen LogP contribution is -2.36. The summed E-state index contributed by atoms with van der Waals surface area (Å²) in [6.07, 6.45) is 8.58. The molecule has 0 aromatic rings. The second kappa shape index (κ2) is 7.13. The molecule has 0 bridgehead atoms. The summed E-state index contributed by atoms with van der Waals surface area (Å²) in [5.41, 5.74) is 0. The Kier molecular flexibility index (Phi) is 5.48. The summed E-state index contributed by atoms with van der Waals surface area (Å²) in [6, 6.07) is 0. The Morgan fingerprint density at radius 1 is 1.33 bits per heavy atom. The molecule has 1 aliphatic carbocycles. The molecule has 104 valence electrons. The smallest absolute Gasteiger partial charge is 0.220 e. The summed E-state index contributed by atoms with van der Waals surface area (Å²) in [4.78, 5) is 11.9. The number of amides is 1. The monoisotopic (exact) mass is 252 g/mol. The maximum absolute atomic E-state index is 11.9. The Balaban J connectivity index is 1.57. The number of hydrogen-bond donors (Lipinski definition) is 2. The number of rotatable bonds is 6. The van der Waals surface area contributed by atoms with Crippen LogP contribution in [0.5, 0.6) is 0 Å². The van der Waals surface area contributed by atoms with Gasteiger partial charge in [0.05, 0.1) is 0 Å². The molecule has 0 aromatic carbocycles. The molecule has 2 atom stereocenters. The van der Waals surface area contributed by atoms with E-state index < -0.39 is 0 Å². The van der Waals surface area contributed by atoms with E-state index in [1.165, 1.54) is 38.5 Å². The summed E-state index contributed by atoms with van der Waals surface area (Å²) in [5.74, 6) is 2.36. The molecule has 18 heavy (non-hydrogen) atoms. The van der Waals surface area contributed by atoms with Crippen LogP contribution in [0.2, 0.25) is 0 Å². The van der Waals surface area contributed by atoms with E-state index in [0.29, 0.717) is 18.3 Å². The van der Waals surface area contributed by atoms with Crippen molar-refractivity contribution in [1.29, 1.82) is 0 Å². The largest absolute Gasteiger partial charge is 0.356 e. The highest BCUT2D eigenvalue weighted by Crippen LogP contribution is 2.28. The van der Waals surface area contributed by atoms with Crippen LogP contribution >= 0.6 is 0 Å². The van der Waals surface area contributed by atoms with E-state index in [-0.39, 0.29) is 5.91 Å². The van der Waals surface area contributed by atoms with E-state index in [2.05, 4.69) is 17.6 Å². The molecule has 0 radical (unpaired) electrons. The average molecular weight is 252 g/mol. The summed E-state index contributed by atoms with van der Waals surface area (Å²) >= 11 is 0. The number of carbonyl (C=O) groups is 1. The van der Waals surface area contributed by atoms with Gasteiger partial charge in [0, 0.05) is 13.0 Å². The molecule has 2 unspecified atom stereocenters. The van der Waals surface area contributed by atoms with Crippen LogP contribution in [-0.2, 0) is 4.79 Å². The molecular formula is C15H28N2O. The highest BCUT2D eigenvalue weighted by atomic mass is 16.1. The van der Waals surface area contributed by atoms with E-state index in [4.69, 9.17) is 0 Å². The first-order valence-electron chi connectivity index (χ1n) is 7.73. The standard InChI is InChI=1S/C15H28N2O/c1-12(14-6-3-8-16-11-14)10-15(18)17-9-7-13-4-2-5-13/h12-14,16H,2-11H2,1H3,(H,17,18). The minimum atomic E-state index is 0.257. The Morgan fingerprint density at radius 3 is 2.78 bits per heavy atom. The first kappa shape index (κ1) is 13.9. The van der Waals surface area contributed by atoms with Crippen molar-refractivity contribution in [1.82, 2.24) is 10.6 Å². The first-order valence-corrected chi connectivity index (χ1v) is 7.73. The van der Waals surface area contributed by atoms with E-state index in [1.54, 1.807) is 0 Å². The molecule has 3 heteroatoms. The molecular weight excluding hydrogens is 224 g/mol. The van der Waals surface area contributed by atoms with Gasteiger partial charge >= 0.3 is 0 Å². The van der Waals surface area contributed by atoms with Gasteiger partial charge in [-0.15, -0.1) is 0 Å². The molecule has 1 aliphatic heterocycles. The third kappa shape index (κ3) is 4.27. The maximum Gasteiger partial charge on any atom is 0.220 e. The van der Waals surface area contributed by atoms with E-state index >= 15 is 0 Å². The Labute approximate surface area is 111 Å². The fraction of sp³-hybridized carbons (Fsp3) is 0.933. The van der Waals surface area contributed by atoms with Crippen molar-refractivity contribution in [3.8, 4) is 0 Å². The third-order valence-electron chi connectivity index (χ3n) is 4.75. The normalized spacial score (nSPS) is 26.4. The van der Waals surface area contributed by atoms with Gasteiger partial charge in [-0.3, -0.25) is 4.79 Å². The Morgan fingerprint density at radius 2 is 2.17 bits per heavy atom. The van der Waals surface area contributed by atoms with Crippen molar-refractivity contribution in [2.24, 2.45) is 17.8 Å². The van der Waals surface area contributed by atoms with Crippen LogP contribution in [0.3, 0.4) is 0 Å². The van der Waals surface area contributed by atoms with Crippen molar-refractivity contribution in [3.63, 3.8) is 0 Å². The first-order chi connectivity index (χ1) is 8.75. The number of carbonyl (C=O) groups excluding carboxylic acids is 1. The van der Waals surface area contributed by atoms with E-state index in [1.807, 2.05) is 0 Å². The highest BCUT2D eigenvalue weighted by molar-refractivity contribution is 5.76. The van der Waals surface area contributed by atoms with Crippen molar-refractivity contribution >= 4 is 5.91 Å². The minimum Gasteiger partial charge on any atom is -0.356 e. The highest BCUT2D eigenvalue weighted by Gasteiger charge is 2.22. The summed E-state index contributed by atoms with van der Waals surface area (Å²) in [7, 11) is 0. The lowest BCUT2D eigenvalue weighted by atomic mass is 9.83. The van der Waals surface area contributed by atoms with Gasteiger partial charge in [0.2, 0.25) is 5.91 Å². The van der Waals surface area contributed by atoms with Gasteiger partial charge in [0.15, 0.2) is 0 Å². The Bertz CT molecular complexity index is 257. The number of piperidine rings is 1. The quantitative estimate of drug-likeness (QED) is 0.761. The Hall–Kier alpha value is -0.570. The van der Waals surface area contributed by atoms with Gasteiger partial charge < -0.3 is 10.6 Å². The van der Waals surface area contributed by atoms with Gasteiger partial charge in [-0.05, 0) is 50.1 Å². The fourth-order valence-electron chi connectivity index (χ4n) is 3.09. The average Bonchev–Trinajstić information content (AvgIpc) is 2.33. The topological polar surface area (TPSA) is 41.1 Å². The zero-order valence-corrected chi connectivity index (χ0v) is 11.7. The van der Waals surface area contributed by atoms with Crippen molar-refractivity contribution in [3.05, 3.63) is 0 Å². The number of nitrogens with one attached hydrogen (secondary N) is 2. The SMILES string of the molecule is CC(CC(=O)NCCC1CCC1)C1CCCNC1. The molecule has 0 spiro atoms. The summed E-state index contributed by atoms with van der Waals surface area (Å²) < 4.78 is 0. The van der Waals surface area contributed by atoms with Crippen LogP contribution in [0, 0.1) is 17.8 Å². The minimum absolute atomic E-state index is 0.257. The lowest BCUT2D eigenvalue weighted by Gasteiger charge is -2.28. The molecule has 2 rings (SSSR count). The molecule has 1 heterocycles. The van der Waals surface area contributed by atoms with Gasteiger partial charge in [-0.1, -0.05) is 26.2 Å². The molecule has 1 saturated carbocycles. The second-order valence-corrected chi connectivity index (χ2v) is 6.22. The van der Waals surface area contributed by atoms with Crippen molar-refractivity contribution in [2.45, 2.75) is 51.9 Å². The van der Waals surface area contributed by atoms with Crippen LogP contribution < -0.4 is 10.6 Å². The fourth-order valence-corrected chi connectivity index (χ4v) is 3.09. The van der Waals surface area contributed by atoms with Gasteiger partial charge in [-0.25, -0.2) is 0 Å². The van der Waals surface area contributed by atoms with Crippen molar-refractivity contribution in [2.75, 3.05) is 19.6 Å². The predicted molar refractivity (Wildman–Crippen MR) is 74.3 cm³/mol. The second-order valence-electron chi connectivity index (χ2n) is 6.22. The zero-order valence-electron chi connectivity index (χ0n) is 11.7. The molecule has 1 amide bonds. The van der Waals surface area contributed by atoms with Crippen LogP contribution in [0.4, 0.5) is 0 Å². The molecule has 3 nitrogen and oxygen atoms in total. The van der Waals surface area contributed by atoms with E-state index in [0.717, 1.165) is 25.6 Å². The molecule has 2 N–H and O–H groups in total. The van der Waals surface area contributed by atoms with Crippen LogP contribution in [0.1, 0.15) is 51.9 Å². The summed E-state index contributed by atoms with van der Waals surface area (Å²) in [5, 5.41) is 6.52. The maximum atomic E-state index is 11.9. The molecule has 0 aromatic heterocycles. The van der Waals surface area contributed by atoms with Gasteiger partial charge in [-0.2, -0.15) is 0 Å². The van der Waals surface area contributed by atoms with Crippen LogP contribution in [0.15, 0.2) is 0 Å². The van der Waals surface area contributed by atoms with Crippen molar-refractivity contribution < 1.29 is 4.79 Å². The van der Waals surface area contributed by atoms with Gasteiger partial charge in [0.25, 0.3) is 0 Å². The van der Waals surface area contributed by atoms with E-state index in [9.17, 15) is 4.79 Å². The van der Waals surface area contributed by atoms with Crippen LogP contribution in [-0.4, -0.2) is 25.5 Å². The van der Waals surface area contributed by atoms with Gasteiger partial charge in [0.1, 0.15) is 0 Å². The zero-order chi connectivity index (χ0) is 12.8. The third-order valence-corrected chi connectivity index (χ3v) is 4.75. The summed E-state index contributed by atoms with van der Waals surface area (Å²) in [6.45, 7) is 5.36. The molecule has 1 saturated heterocycles. The predicted octanol–water partition coefficient (Wildman–Crippen LogP) is 2.32. The number of hydrogen-bond acceptors (Lipinski definition) is 2. The van der Waals surface area contributed by atoms with Crippen LogP contribution in [0.25, 0.3) is 0 Å².